The molecule has 0 aliphatic heterocycles. The maximum absolute atomic E-state index is 2.49. The molecule has 53 heavy (non-hydrogen) atoms. The van der Waals surface area contributed by atoms with Crippen molar-refractivity contribution in [2.45, 2.75) is 38.5 Å². The smallest absolute Gasteiger partial charge is 0.0546 e. The normalized spacial score (nSPS) is 14.7. The molecule has 0 saturated carbocycles. The van der Waals surface area contributed by atoms with Crippen molar-refractivity contribution in [3.05, 3.63) is 186 Å². The van der Waals surface area contributed by atoms with Gasteiger partial charge >= 0.3 is 0 Å². The van der Waals surface area contributed by atoms with Gasteiger partial charge in [-0.2, -0.15) is 0 Å². The number of fused-ring (bicyclic) bond motifs is 14. The number of hydrogen-bond donors (Lipinski definition) is 0. The van der Waals surface area contributed by atoms with Crippen LogP contribution in [0.3, 0.4) is 0 Å². The Morgan fingerprint density at radius 2 is 0.887 bits per heavy atom. The molecule has 0 atom stereocenters. The summed E-state index contributed by atoms with van der Waals surface area (Å²) in [5, 5.41) is 10.4. The molecule has 2 aliphatic carbocycles. The van der Waals surface area contributed by atoms with E-state index in [9.17, 15) is 0 Å². The summed E-state index contributed by atoms with van der Waals surface area (Å²) in [5.41, 5.74) is 14.3. The van der Waals surface area contributed by atoms with Crippen LogP contribution in [0.1, 0.15) is 49.9 Å². The van der Waals surface area contributed by atoms with E-state index in [2.05, 4.69) is 196 Å². The van der Waals surface area contributed by atoms with Crippen LogP contribution in [0.2, 0.25) is 0 Å². The van der Waals surface area contributed by atoms with Crippen LogP contribution in [0.4, 0.5) is 17.1 Å². The van der Waals surface area contributed by atoms with Gasteiger partial charge in [0.1, 0.15) is 0 Å². The van der Waals surface area contributed by atoms with Crippen molar-refractivity contribution in [2.24, 2.45) is 0 Å². The van der Waals surface area contributed by atoms with E-state index in [1.807, 2.05) is 0 Å². The Morgan fingerprint density at radius 1 is 0.358 bits per heavy atom. The lowest BCUT2D eigenvalue weighted by Crippen LogP contribution is -2.17. The lowest BCUT2D eigenvalue weighted by Gasteiger charge is -2.30. The first kappa shape index (κ1) is 30.4. The fraction of sp³-hybridized carbons (Fsp3) is 0.115. The Morgan fingerprint density at radius 3 is 1.55 bits per heavy atom. The fourth-order valence-corrected chi connectivity index (χ4v) is 10.2. The van der Waals surface area contributed by atoms with Gasteiger partial charge in [-0.1, -0.05) is 161 Å². The number of rotatable bonds is 3. The number of para-hydroxylation sites is 1. The van der Waals surface area contributed by atoms with Gasteiger partial charge in [-0.25, -0.2) is 0 Å². The van der Waals surface area contributed by atoms with E-state index in [1.54, 1.807) is 0 Å². The predicted octanol–water partition coefficient (Wildman–Crippen LogP) is 14.4. The molecular weight excluding hydrogens is 639 g/mol. The third-order valence-corrected chi connectivity index (χ3v) is 12.5. The molecule has 1 nitrogen and oxygen atoms in total. The van der Waals surface area contributed by atoms with Crippen LogP contribution in [-0.4, -0.2) is 0 Å². The summed E-state index contributed by atoms with van der Waals surface area (Å²) in [4.78, 5) is 2.48. The van der Waals surface area contributed by atoms with E-state index in [0.717, 1.165) is 11.4 Å². The summed E-state index contributed by atoms with van der Waals surface area (Å²) in [6.07, 6.45) is 0. The summed E-state index contributed by atoms with van der Waals surface area (Å²) < 4.78 is 0. The summed E-state index contributed by atoms with van der Waals surface area (Å²) in [5.74, 6) is 0. The Bertz CT molecular complexity index is 3000. The largest absolute Gasteiger partial charge is 0.310 e. The predicted molar refractivity (Wildman–Crippen MR) is 226 cm³/mol. The second-order valence-corrected chi connectivity index (χ2v) is 16.1. The molecule has 0 spiro atoms. The van der Waals surface area contributed by atoms with E-state index in [-0.39, 0.29) is 10.8 Å². The molecule has 0 fully saturated rings. The van der Waals surface area contributed by atoms with Crippen LogP contribution in [0.25, 0.3) is 65.3 Å². The highest BCUT2D eigenvalue weighted by Gasteiger charge is 2.40. The van der Waals surface area contributed by atoms with Crippen LogP contribution in [-0.2, 0) is 10.8 Å². The van der Waals surface area contributed by atoms with Gasteiger partial charge in [-0.05, 0) is 113 Å². The second-order valence-electron chi connectivity index (χ2n) is 16.1. The van der Waals surface area contributed by atoms with Crippen LogP contribution >= 0.6 is 0 Å². The number of hydrogen-bond acceptors (Lipinski definition) is 1. The van der Waals surface area contributed by atoms with Gasteiger partial charge in [0.05, 0.1) is 5.69 Å². The number of anilines is 3. The van der Waals surface area contributed by atoms with Gasteiger partial charge in [-0.3, -0.25) is 0 Å². The van der Waals surface area contributed by atoms with Crippen LogP contribution < -0.4 is 4.90 Å². The molecule has 0 unspecified atom stereocenters. The summed E-state index contributed by atoms with van der Waals surface area (Å²) in [6.45, 7) is 9.60. The standard InChI is InChI=1S/C52H39N/c1-51(2)44-28-23-32-14-8-10-18-37(32)47(44)42-26-22-34-30-36(25-27-39(34)49(42)51)53(35-16-6-5-7-17-35)46-31-43-48-38-19-11-9-15-33(38)24-29-45(48)52(3,4)50(43)41-21-13-12-20-40(41)46/h5-31H,1-4H3. The SMILES string of the molecule is CC1(C)c2ccc3ccccc3c2-c2ccc3cc(N(c4ccccc4)c4cc5c(c6ccccc46)C(C)(C)c4ccc6ccccc6c4-5)ccc3c21. The van der Waals surface area contributed by atoms with Gasteiger partial charge in [0.2, 0.25) is 0 Å². The third-order valence-electron chi connectivity index (χ3n) is 12.5. The van der Waals surface area contributed by atoms with Crippen LogP contribution in [0, 0.1) is 0 Å². The van der Waals surface area contributed by atoms with Gasteiger partial charge in [0, 0.05) is 27.6 Å². The lowest BCUT2D eigenvalue weighted by atomic mass is 9.79. The van der Waals surface area contributed by atoms with Gasteiger partial charge in [0.25, 0.3) is 0 Å². The Kier molecular flexibility index (Phi) is 6.14. The zero-order valence-electron chi connectivity index (χ0n) is 30.5. The van der Waals surface area contributed by atoms with E-state index < -0.39 is 0 Å². The maximum Gasteiger partial charge on any atom is 0.0546 e. The van der Waals surface area contributed by atoms with Crippen molar-refractivity contribution in [2.75, 3.05) is 4.90 Å². The number of nitrogens with zero attached hydrogens (tertiary/aromatic N) is 1. The molecule has 0 saturated heterocycles. The molecule has 0 amide bonds. The molecule has 1 heteroatoms. The highest BCUT2D eigenvalue weighted by molar-refractivity contribution is 6.12. The average molecular weight is 678 g/mol. The first-order valence-electron chi connectivity index (χ1n) is 18.9. The van der Waals surface area contributed by atoms with E-state index in [4.69, 9.17) is 0 Å². The molecule has 0 N–H and O–H groups in total. The van der Waals surface area contributed by atoms with E-state index >= 15 is 0 Å². The molecule has 0 radical (unpaired) electrons. The Balaban J connectivity index is 1.17. The third kappa shape index (κ3) is 4.08. The molecular formula is C52H39N. The van der Waals surface area contributed by atoms with Gasteiger partial charge in [-0.15, -0.1) is 0 Å². The first-order chi connectivity index (χ1) is 25.8. The van der Waals surface area contributed by atoms with Crippen molar-refractivity contribution < 1.29 is 0 Å². The summed E-state index contributed by atoms with van der Waals surface area (Å²) >= 11 is 0. The highest BCUT2D eigenvalue weighted by Crippen LogP contribution is 2.57. The molecule has 11 rings (SSSR count). The lowest BCUT2D eigenvalue weighted by molar-refractivity contribution is 0.666. The van der Waals surface area contributed by atoms with Crippen molar-refractivity contribution in [1.82, 2.24) is 0 Å². The fourth-order valence-electron chi connectivity index (χ4n) is 10.2. The molecule has 2 aliphatic rings. The molecule has 9 aromatic carbocycles. The summed E-state index contributed by atoms with van der Waals surface area (Å²) in [6, 6.07) is 61.3. The van der Waals surface area contributed by atoms with Crippen molar-refractivity contribution in [3.63, 3.8) is 0 Å². The minimum atomic E-state index is -0.135. The first-order valence-corrected chi connectivity index (χ1v) is 18.9. The zero-order valence-corrected chi connectivity index (χ0v) is 30.5. The zero-order chi connectivity index (χ0) is 35.6. The van der Waals surface area contributed by atoms with Crippen molar-refractivity contribution >= 4 is 60.2 Å². The minimum absolute atomic E-state index is 0.117. The topological polar surface area (TPSA) is 3.24 Å². The minimum Gasteiger partial charge on any atom is -0.310 e. The van der Waals surface area contributed by atoms with Gasteiger partial charge < -0.3 is 4.90 Å². The number of benzene rings is 9. The molecule has 9 aromatic rings. The van der Waals surface area contributed by atoms with Crippen LogP contribution in [0.15, 0.2) is 164 Å². The van der Waals surface area contributed by atoms with Crippen molar-refractivity contribution in [1.29, 1.82) is 0 Å². The van der Waals surface area contributed by atoms with E-state index in [1.165, 1.54) is 93.3 Å². The van der Waals surface area contributed by atoms with Gasteiger partial charge in [0.15, 0.2) is 0 Å². The molecule has 252 valence electrons. The highest BCUT2D eigenvalue weighted by atomic mass is 15.1. The Hall–Kier alpha value is -6.18. The molecule has 0 heterocycles. The second kappa shape index (κ2) is 10.7. The Labute approximate surface area is 310 Å². The molecule has 0 bridgehead atoms. The van der Waals surface area contributed by atoms with Crippen molar-refractivity contribution in [3.8, 4) is 22.3 Å². The maximum atomic E-state index is 2.49. The monoisotopic (exact) mass is 677 g/mol. The quantitative estimate of drug-likeness (QED) is 0.180. The van der Waals surface area contributed by atoms with Crippen LogP contribution in [0.5, 0.6) is 0 Å². The summed E-state index contributed by atoms with van der Waals surface area (Å²) in [7, 11) is 0. The van der Waals surface area contributed by atoms with E-state index in [0.29, 0.717) is 0 Å². The molecule has 0 aromatic heterocycles. The average Bonchev–Trinajstić information content (AvgIpc) is 3.58.